The number of rotatable bonds is 5. The van der Waals surface area contributed by atoms with Crippen molar-refractivity contribution >= 4 is 52.5 Å². The highest BCUT2D eigenvalue weighted by Gasteiger charge is 2.06. The molecular formula is C20H20ClN3O2S. The first-order valence-corrected chi connectivity index (χ1v) is 8.97. The molecule has 0 aliphatic rings. The largest absolute Gasteiger partial charge is 0.349 e. The Morgan fingerprint density at radius 3 is 2.41 bits per heavy atom. The fourth-order valence-corrected chi connectivity index (χ4v) is 2.55. The van der Waals surface area contributed by atoms with Gasteiger partial charge in [-0.2, -0.15) is 0 Å². The minimum atomic E-state index is -0.361. The Kier molecular flexibility index (Phi) is 7.52. The van der Waals surface area contributed by atoms with Crippen LogP contribution >= 0.6 is 23.8 Å². The van der Waals surface area contributed by atoms with E-state index in [9.17, 15) is 9.59 Å². The third-order valence-electron chi connectivity index (χ3n) is 3.62. The van der Waals surface area contributed by atoms with Crippen LogP contribution in [0.3, 0.4) is 0 Å². The highest BCUT2D eigenvalue weighted by Crippen LogP contribution is 2.16. The molecule has 2 amide bonds. The van der Waals surface area contributed by atoms with Crippen LogP contribution in [0.1, 0.15) is 11.1 Å². The Balaban J connectivity index is 1.87. The summed E-state index contributed by atoms with van der Waals surface area (Å²) in [6, 6.07) is 14.5. The highest BCUT2D eigenvalue weighted by molar-refractivity contribution is 7.80. The summed E-state index contributed by atoms with van der Waals surface area (Å²) in [5.74, 6) is -0.329. The van der Waals surface area contributed by atoms with Crippen LogP contribution in [-0.2, 0) is 16.0 Å². The van der Waals surface area contributed by atoms with Crippen molar-refractivity contribution in [3.63, 3.8) is 0 Å². The summed E-state index contributed by atoms with van der Waals surface area (Å²) in [5.41, 5.74) is 2.37. The number of thiocarbonyl (C=S) groups is 1. The van der Waals surface area contributed by atoms with Gasteiger partial charge in [0.15, 0.2) is 5.11 Å². The molecule has 0 radical (unpaired) electrons. The van der Waals surface area contributed by atoms with E-state index in [1.54, 1.807) is 43.3 Å². The van der Waals surface area contributed by atoms with Crippen molar-refractivity contribution in [2.24, 2.45) is 0 Å². The van der Waals surface area contributed by atoms with Crippen LogP contribution in [0, 0.1) is 0 Å². The molecule has 5 nitrogen and oxygen atoms in total. The van der Waals surface area contributed by atoms with E-state index in [1.165, 1.54) is 6.08 Å². The monoisotopic (exact) mass is 401 g/mol. The summed E-state index contributed by atoms with van der Waals surface area (Å²) >= 11 is 11.2. The van der Waals surface area contributed by atoms with Crippen LogP contribution in [0.2, 0.25) is 5.02 Å². The van der Waals surface area contributed by atoms with Gasteiger partial charge in [-0.15, -0.1) is 0 Å². The lowest BCUT2D eigenvalue weighted by atomic mass is 10.1. The van der Waals surface area contributed by atoms with Gasteiger partial charge >= 0.3 is 0 Å². The second kappa shape index (κ2) is 9.85. The molecule has 0 bridgehead atoms. The second-order valence-electron chi connectivity index (χ2n) is 5.96. The first-order chi connectivity index (χ1) is 12.8. The van der Waals surface area contributed by atoms with E-state index in [2.05, 4.69) is 10.6 Å². The predicted molar refractivity (Wildman–Crippen MR) is 114 cm³/mol. The van der Waals surface area contributed by atoms with Gasteiger partial charge in [-0.3, -0.25) is 14.9 Å². The molecule has 0 saturated carbocycles. The van der Waals surface area contributed by atoms with Crippen LogP contribution in [-0.4, -0.2) is 35.9 Å². The minimum Gasteiger partial charge on any atom is -0.349 e. The van der Waals surface area contributed by atoms with Gasteiger partial charge in [0.1, 0.15) is 0 Å². The van der Waals surface area contributed by atoms with Gasteiger partial charge in [0, 0.05) is 30.9 Å². The SMILES string of the molecule is CN(C)C(=O)Cc1ccc(NC(=S)NC(=O)C=Cc2ccccc2Cl)cc1. The number of nitrogens with one attached hydrogen (secondary N) is 2. The lowest BCUT2D eigenvalue weighted by Gasteiger charge is -2.11. The van der Waals surface area contributed by atoms with Gasteiger partial charge < -0.3 is 10.2 Å². The zero-order valence-electron chi connectivity index (χ0n) is 15.0. The molecule has 0 aliphatic carbocycles. The molecule has 0 atom stereocenters. The number of nitrogens with zero attached hydrogens (tertiary/aromatic N) is 1. The van der Waals surface area contributed by atoms with Crippen molar-refractivity contribution in [3.05, 3.63) is 70.8 Å². The van der Waals surface area contributed by atoms with E-state index in [1.807, 2.05) is 30.3 Å². The fourth-order valence-electron chi connectivity index (χ4n) is 2.13. The number of carbonyl (C=O) groups excluding carboxylic acids is 2. The summed E-state index contributed by atoms with van der Waals surface area (Å²) in [6.45, 7) is 0. The molecule has 0 unspecified atom stereocenters. The predicted octanol–water partition coefficient (Wildman–Crippen LogP) is 3.50. The number of anilines is 1. The maximum Gasteiger partial charge on any atom is 0.250 e. The Bertz CT molecular complexity index is 864. The number of amides is 2. The van der Waals surface area contributed by atoms with Crippen LogP contribution in [0.15, 0.2) is 54.6 Å². The maximum absolute atomic E-state index is 12.0. The molecule has 2 N–H and O–H groups in total. The zero-order valence-corrected chi connectivity index (χ0v) is 16.6. The molecule has 0 fully saturated rings. The number of likely N-dealkylation sites (N-methyl/N-ethyl adjacent to an activating group) is 1. The smallest absolute Gasteiger partial charge is 0.250 e. The van der Waals surface area contributed by atoms with Crippen LogP contribution in [0.4, 0.5) is 5.69 Å². The molecule has 7 heteroatoms. The molecule has 0 spiro atoms. The standard InChI is InChI=1S/C20H20ClN3O2S/c1-24(2)19(26)13-14-7-10-16(11-8-14)22-20(27)23-18(25)12-9-15-5-3-4-6-17(15)21/h3-12H,13H2,1-2H3,(H2,22,23,25,27). The maximum atomic E-state index is 12.0. The van der Waals surface area contributed by atoms with Gasteiger partial charge in [-0.25, -0.2) is 0 Å². The Hall–Kier alpha value is -2.70. The van der Waals surface area contributed by atoms with E-state index in [0.29, 0.717) is 11.4 Å². The van der Waals surface area contributed by atoms with Gasteiger partial charge in [-0.1, -0.05) is 41.9 Å². The van der Waals surface area contributed by atoms with Crippen LogP contribution < -0.4 is 10.6 Å². The topological polar surface area (TPSA) is 61.4 Å². The summed E-state index contributed by atoms with van der Waals surface area (Å²) < 4.78 is 0. The molecule has 0 aromatic heterocycles. The summed E-state index contributed by atoms with van der Waals surface area (Å²) in [4.78, 5) is 25.2. The van der Waals surface area contributed by atoms with Crippen molar-refractivity contribution in [3.8, 4) is 0 Å². The zero-order chi connectivity index (χ0) is 19.8. The van der Waals surface area contributed by atoms with E-state index >= 15 is 0 Å². The number of carbonyl (C=O) groups is 2. The van der Waals surface area contributed by atoms with Gasteiger partial charge in [0.2, 0.25) is 11.8 Å². The van der Waals surface area contributed by atoms with Crippen molar-refractivity contribution < 1.29 is 9.59 Å². The summed E-state index contributed by atoms with van der Waals surface area (Å²) in [5, 5.41) is 6.25. The Morgan fingerprint density at radius 2 is 1.78 bits per heavy atom. The van der Waals surface area contributed by atoms with Crippen molar-refractivity contribution in [2.45, 2.75) is 6.42 Å². The van der Waals surface area contributed by atoms with E-state index in [4.69, 9.17) is 23.8 Å². The number of hydrogen-bond acceptors (Lipinski definition) is 3. The molecule has 140 valence electrons. The molecule has 0 aliphatic heterocycles. The molecular weight excluding hydrogens is 382 g/mol. The minimum absolute atomic E-state index is 0.0313. The average molecular weight is 402 g/mol. The number of halogens is 1. The third-order valence-corrected chi connectivity index (χ3v) is 4.17. The number of benzene rings is 2. The molecule has 2 rings (SSSR count). The van der Waals surface area contributed by atoms with E-state index in [0.717, 1.165) is 16.8 Å². The normalized spacial score (nSPS) is 10.5. The summed E-state index contributed by atoms with van der Waals surface area (Å²) in [7, 11) is 3.44. The highest BCUT2D eigenvalue weighted by atomic mass is 35.5. The average Bonchev–Trinajstić information content (AvgIpc) is 2.62. The van der Waals surface area contributed by atoms with Crippen LogP contribution in [0.5, 0.6) is 0 Å². The quantitative estimate of drug-likeness (QED) is 0.594. The Labute approximate surface area is 169 Å². The first kappa shape index (κ1) is 20.6. The third kappa shape index (κ3) is 6.84. The number of hydrogen-bond donors (Lipinski definition) is 2. The molecule has 2 aromatic rings. The fraction of sp³-hybridized carbons (Fsp3) is 0.150. The van der Waals surface area contributed by atoms with Crippen molar-refractivity contribution in [1.29, 1.82) is 0 Å². The van der Waals surface area contributed by atoms with Crippen molar-refractivity contribution in [1.82, 2.24) is 10.2 Å². The lowest BCUT2D eigenvalue weighted by Crippen LogP contribution is -2.32. The molecule has 0 saturated heterocycles. The van der Waals surface area contributed by atoms with Gasteiger partial charge in [0.25, 0.3) is 0 Å². The van der Waals surface area contributed by atoms with Crippen LogP contribution in [0.25, 0.3) is 6.08 Å². The van der Waals surface area contributed by atoms with E-state index in [-0.39, 0.29) is 16.9 Å². The van der Waals surface area contributed by atoms with Gasteiger partial charge in [-0.05, 0) is 47.6 Å². The first-order valence-electron chi connectivity index (χ1n) is 8.19. The molecule has 27 heavy (non-hydrogen) atoms. The lowest BCUT2D eigenvalue weighted by molar-refractivity contribution is -0.128. The molecule has 2 aromatic carbocycles. The van der Waals surface area contributed by atoms with Gasteiger partial charge in [0.05, 0.1) is 6.42 Å². The second-order valence-corrected chi connectivity index (χ2v) is 6.78. The van der Waals surface area contributed by atoms with E-state index < -0.39 is 0 Å². The van der Waals surface area contributed by atoms with Crippen molar-refractivity contribution in [2.75, 3.05) is 19.4 Å². The Morgan fingerprint density at radius 1 is 1.11 bits per heavy atom. The summed E-state index contributed by atoms with van der Waals surface area (Å²) in [6.07, 6.45) is 3.32. The molecule has 0 heterocycles.